The molecule has 1 aliphatic heterocycles. The molecule has 0 bridgehead atoms. The van der Waals surface area contributed by atoms with Crippen LogP contribution in [0.4, 0.5) is 14.9 Å². The van der Waals surface area contributed by atoms with E-state index in [0.29, 0.717) is 18.7 Å². The van der Waals surface area contributed by atoms with Crippen LogP contribution in [0.1, 0.15) is 44.9 Å². The highest BCUT2D eigenvalue weighted by Crippen LogP contribution is 2.22. The molecule has 24 heavy (non-hydrogen) atoms. The minimum absolute atomic E-state index is 0.154. The predicted molar refractivity (Wildman–Crippen MR) is 90.2 cm³/mol. The molecule has 6 heteroatoms. The third-order valence-corrected chi connectivity index (χ3v) is 4.84. The zero-order valence-electron chi connectivity index (χ0n) is 13.8. The molecule has 0 spiro atoms. The van der Waals surface area contributed by atoms with Crippen molar-refractivity contribution in [1.82, 2.24) is 10.2 Å². The fourth-order valence-corrected chi connectivity index (χ4v) is 3.58. The van der Waals surface area contributed by atoms with Gasteiger partial charge in [-0.1, -0.05) is 25.3 Å². The number of carbonyl (C=O) groups excluding carboxylic acids is 2. The van der Waals surface area contributed by atoms with Gasteiger partial charge in [-0.05, 0) is 43.9 Å². The molecule has 2 aliphatic rings. The maximum atomic E-state index is 13.2. The number of hydrogen-bond donors (Lipinski definition) is 2. The van der Waals surface area contributed by atoms with Crippen molar-refractivity contribution in [1.29, 1.82) is 0 Å². The average molecular weight is 333 g/mol. The molecule has 5 nitrogen and oxygen atoms in total. The van der Waals surface area contributed by atoms with E-state index in [1.54, 1.807) is 17.0 Å². The number of rotatable bonds is 3. The molecule has 1 saturated carbocycles. The molecule has 3 amide bonds. The minimum Gasteiger partial charge on any atom is -0.335 e. The minimum atomic E-state index is -0.489. The van der Waals surface area contributed by atoms with Crippen LogP contribution in [0.25, 0.3) is 0 Å². The van der Waals surface area contributed by atoms with E-state index in [0.717, 1.165) is 32.1 Å². The van der Waals surface area contributed by atoms with Crippen molar-refractivity contribution >= 4 is 17.6 Å². The predicted octanol–water partition coefficient (Wildman–Crippen LogP) is 3.27. The maximum Gasteiger partial charge on any atom is 0.318 e. The van der Waals surface area contributed by atoms with Crippen LogP contribution in [0.2, 0.25) is 0 Å². The topological polar surface area (TPSA) is 61.4 Å². The number of nitrogens with one attached hydrogen (secondary N) is 2. The Balaban J connectivity index is 1.59. The van der Waals surface area contributed by atoms with Crippen molar-refractivity contribution in [3.05, 3.63) is 30.1 Å². The van der Waals surface area contributed by atoms with Gasteiger partial charge in [0.05, 0.1) is 0 Å². The Morgan fingerprint density at radius 1 is 1.08 bits per heavy atom. The van der Waals surface area contributed by atoms with Crippen LogP contribution < -0.4 is 10.6 Å². The highest BCUT2D eigenvalue weighted by Gasteiger charge is 2.35. The SMILES string of the molecule is O=C(Nc1cccc(F)c1)[C@@H]1CCCN1C(=O)NC1CCCCC1. The average Bonchev–Trinajstić information content (AvgIpc) is 3.06. The molecule has 2 N–H and O–H groups in total. The lowest BCUT2D eigenvalue weighted by Gasteiger charge is -2.29. The van der Waals surface area contributed by atoms with Crippen LogP contribution in [-0.2, 0) is 4.79 Å². The molecular weight excluding hydrogens is 309 g/mol. The molecule has 1 aromatic rings. The molecule has 2 fully saturated rings. The number of halogens is 1. The van der Waals surface area contributed by atoms with E-state index in [4.69, 9.17) is 0 Å². The van der Waals surface area contributed by atoms with Gasteiger partial charge in [0, 0.05) is 18.3 Å². The van der Waals surface area contributed by atoms with Crippen molar-refractivity contribution < 1.29 is 14.0 Å². The number of benzene rings is 1. The van der Waals surface area contributed by atoms with Crippen LogP contribution in [0.3, 0.4) is 0 Å². The summed E-state index contributed by atoms with van der Waals surface area (Å²) >= 11 is 0. The molecule has 1 saturated heterocycles. The standard InChI is InChI=1S/C18H24FN3O2/c19-13-6-4-9-15(12-13)20-17(23)16-10-5-11-22(16)18(24)21-14-7-2-1-3-8-14/h4,6,9,12,14,16H,1-3,5,7-8,10-11H2,(H,20,23)(H,21,24)/t16-/m0/s1. The summed E-state index contributed by atoms with van der Waals surface area (Å²) in [6.07, 6.45) is 7.00. The Labute approximate surface area is 141 Å². The van der Waals surface area contributed by atoms with Gasteiger partial charge < -0.3 is 15.5 Å². The van der Waals surface area contributed by atoms with E-state index in [1.807, 2.05) is 0 Å². The van der Waals surface area contributed by atoms with Gasteiger partial charge in [-0.25, -0.2) is 9.18 Å². The number of hydrogen-bond acceptors (Lipinski definition) is 2. The second-order valence-electron chi connectivity index (χ2n) is 6.64. The number of nitrogens with zero attached hydrogens (tertiary/aromatic N) is 1. The van der Waals surface area contributed by atoms with Gasteiger partial charge >= 0.3 is 6.03 Å². The number of amides is 3. The smallest absolute Gasteiger partial charge is 0.318 e. The van der Waals surface area contributed by atoms with Crippen LogP contribution in [0.5, 0.6) is 0 Å². The van der Waals surface area contributed by atoms with Crippen LogP contribution in [-0.4, -0.2) is 35.5 Å². The van der Waals surface area contributed by atoms with Crippen molar-refractivity contribution in [2.75, 3.05) is 11.9 Å². The summed E-state index contributed by atoms with van der Waals surface area (Å²) in [5.41, 5.74) is 0.416. The fraction of sp³-hybridized carbons (Fsp3) is 0.556. The van der Waals surface area contributed by atoms with Gasteiger partial charge in [0.15, 0.2) is 0 Å². The van der Waals surface area contributed by atoms with E-state index in [2.05, 4.69) is 10.6 Å². The first-order valence-electron chi connectivity index (χ1n) is 8.77. The van der Waals surface area contributed by atoms with Crippen molar-refractivity contribution in [2.45, 2.75) is 57.0 Å². The molecule has 1 atom stereocenters. The number of anilines is 1. The van der Waals surface area contributed by atoms with Crippen molar-refractivity contribution in [2.24, 2.45) is 0 Å². The van der Waals surface area contributed by atoms with E-state index in [9.17, 15) is 14.0 Å². The van der Waals surface area contributed by atoms with E-state index < -0.39 is 11.9 Å². The Morgan fingerprint density at radius 3 is 2.62 bits per heavy atom. The quantitative estimate of drug-likeness (QED) is 0.892. The summed E-state index contributed by atoms with van der Waals surface area (Å²) in [6, 6.07) is 5.37. The molecular formula is C18H24FN3O2. The largest absolute Gasteiger partial charge is 0.335 e. The third kappa shape index (κ3) is 4.04. The monoisotopic (exact) mass is 333 g/mol. The number of urea groups is 1. The van der Waals surface area contributed by atoms with Crippen LogP contribution >= 0.6 is 0 Å². The number of likely N-dealkylation sites (tertiary alicyclic amines) is 1. The van der Waals surface area contributed by atoms with Gasteiger partial charge in [0.1, 0.15) is 11.9 Å². The summed E-state index contributed by atoms with van der Waals surface area (Å²) in [6.45, 7) is 0.583. The van der Waals surface area contributed by atoms with E-state index in [1.165, 1.54) is 18.6 Å². The first kappa shape index (κ1) is 16.7. The van der Waals surface area contributed by atoms with E-state index in [-0.39, 0.29) is 18.0 Å². The first-order chi connectivity index (χ1) is 11.6. The van der Waals surface area contributed by atoms with Crippen molar-refractivity contribution in [3.63, 3.8) is 0 Å². The molecule has 0 unspecified atom stereocenters. The highest BCUT2D eigenvalue weighted by atomic mass is 19.1. The van der Waals surface area contributed by atoms with Crippen LogP contribution in [0.15, 0.2) is 24.3 Å². The molecule has 3 rings (SSSR count). The normalized spacial score (nSPS) is 21.5. The maximum absolute atomic E-state index is 13.2. The third-order valence-electron chi connectivity index (χ3n) is 4.84. The summed E-state index contributed by atoms with van der Waals surface area (Å²) in [5.74, 6) is -0.650. The zero-order valence-corrected chi connectivity index (χ0v) is 13.8. The molecule has 0 aromatic heterocycles. The Morgan fingerprint density at radius 2 is 1.88 bits per heavy atom. The van der Waals surface area contributed by atoms with Gasteiger partial charge in [-0.3, -0.25) is 4.79 Å². The lowest BCUT2D eigenvalue weighted by atomic mass is 9.96. The summed E-state index contributed by atoms with van der Waals surface area (Å²) < 4.78 is 13.2. The Hall–Kier alpha value is -2.11. The first-order valence-corrected chi connectivity index (χ1v) is 8.77. The van der Waals surface area contributed by atoms with Gasteiger partial charge in [-0.15, -0.1) is 0 Å². The number of carbonyl (C=O) groups is 2. The van der Waals surface area contributed by atoms with Gasteiger partial charge in [-0.2, -0.15) is 0 Å². The van der Waals surface area contributed by atoms with E-state index >= 15 is 0 Å². The summed E-state index contributed by atoms with van der Waals surface area (Å²) in [7, 11) is 0. The molecule has 1 heterocycles. The lowest BCUT2D eigenvalue weighted by Crippen LogP contribution is -2.50. The second kappa shape index (κ2) is 7.64. The molecule has 1 aliphatic carbocycles. The summed E-state index contributed by atoms with van der Waals surface area (Å²) in [5, 5.41) is 5.78. The van der Waals surface area contributed by atoms with Crippen molar-refractivity contribution in [3.8, 4) is 0 Å². The summed E-state index contributed by atoms with van der Waals surface area (Å²) in [4.78, 5) is 26.6. The highest BCUT2D eigenvalue weighted by molar-refractivity contribution is 5.97. The fourth-order valence-electron chi connectivity index (χ4n) is 3.58. The molecule has 1 aromatic carbocycles. The zero-order chi connectivity index (χ0) is 16.9. The molecule has 130 valence electrons. The Kier molecular flexibility index (Phi) is 5.33. The molecule has 0 radical (unpaired) electrons. The lowest BCUT2D eigenvalue weighted by molar-refractivity contribution is -0.119. The Bertz CT molecular complexity index is 602. The van der Waals surface area contributed by atoms with Gasteiger partial charge in [0.25, 0.3) is 0 Å². The second-order valence-corrected chi connectivity index (χ2v) is 6.64. The van der Waals surface area contributed by atoms with Gasteiger partial charge in [0.2, 0.25) is 5.91 Å². The van der Waals surface area contributed by atoms with Crippen LogP contribution in [0, 0.1) is 5.82 Å².